The van der Waals surface area contributed by atoms with Crippen LogP contribution in [0.25, 0.3) is 0 Å². The van der Waals surface area contributed by atoms with E-state index in [9.17, 15) is 71.1 Å². The number of aliphatic carboxylic acids is 2. The van der Waals surface area contributed by atoms with Crippen LogP contribution in [0.2, 0.25) is 0 Å². The molecule has 4 nitrogen and oxygen atoms in total. The highest BCUT2D eigenvalue weighted by molar-refractivity contribution is 6.01. The third kappa shape index (κ3) is 2.82. The largest absolute Gasteiger partial charge is 0.480 e. The Balaban J connectivity index is 7.36. The van der Waals surface area contributed by atoms with Crippen molar-refractivity contribution >= 4 is 11.9 Å². The van der Waals surface area contributed by atoms with Crippen molar-refractivity contribution in [1.82, 2.24) is 0 Å². The number of hydrogen-bond donors (Lipinski definition) is 2. The zero-order valence-corrected chi connectivity index (χ0v) is 11.5. The van der Waals surface area contributed by atoms with Crippen LogP contribution < -0.4 is 0 Å². The van der Waals surface area contributed by atoms with Gasteiger partial charge in [0.2, 0.25) is 0 Å². The van der Waals surface area contributed by atoms with Crippen LogP contribution in [0.5, 0.6) is 0 Å². The molecule has 0 rings (SSSR count). The standard InChI is InChI=1S/C9H2F14O4/c10-4(11,6(14,15)7(16,17)9(21,22)23)3(1(24)25,2(26)27)5(12,13)8(18,19)20/h(H,24,25)(H,26,27). The minimum Gasteiger partial charge on any atom is -0.480 e. The molecule has 0 fully saturated rings. The van der Waals surface area contributed by atoms with E-state index in [0.717, 1.165) is 0 Å². The summed E-state index contributed by atoms with van der Waals surface area (Å²) in [5.74, 6) is -42.1. The molecule has 0 aromatic carbocycles. The van der Waals surface area contributed by atoms with Gasteiger partial charge < -0.3 is 10.2 Å². The molecule has 0 unspecified atom stereocenters. The molecule has 0 aliphatic carbocycles. The molecule has 0 aliphatic rings. The predicted molar refractivity (Wildman–Crippen MR) is 49.6 cm³/mol. The number of alkyl halides is 14. The van der Waals surface area contributed by atoms with Crippen LogP contribution in [-0.2, 0) is 9.59 Å². The lowest BCUT2D eigenvalue weighted by Gasteiger charge is -2.43. The van der Waals surface area contributed by atoms with E-state index in [1.165, 1.54) is 0 Å². The maximum absolute atomic E-state index is 13.6. The van der Waals surface area contributed by atoms with Crippen LogP contribution in [0.3, 0.4) is 0 Å². The molecular formula is C9H2F14O4. The summed E-state index contributed by atoms with van der Waals surface area (Å²) in [6.45, 7) is 0. The highest BCUT2D eigenvalue weighted by Crippen LogP contribution is 2.64. The van der Waals surface area contributed by atoms with Gasteiger partial charge in [0.05, 0.1) is 0 Å². The number of rotatable bonds is 6. The Kier molecular flexibility index (Phi) is 5.53. The molecule has 0 saturated carbocycles. The van der Waals surface area contributed by atoms with Crippen molar-refractivity contribution < 1.29 is 81.3 Å². The molecule has 18 heteroatoms. The van der Waals surface area contributed by atoms with E-state index >= 15 is 0 Å². The minimum atomic E-state index is -8.39. The Hall–Kier alpha value is -2.04. The summed E-state index contributed by atoms with van der Waals surface area (Å²) in [5.41, 5.74) is -7.50. The lowest BCUT2D eigenvalue weighted by Crippen LogP contribution is -2.76. The van der Waals surface area contributed by atoms with Crippen molar-refractivity contribution in [3.63, 3.8) is 0 Å². The van der Waals surface area contributed by atoms with E-state index in [1.807, 2.05) is 0 Å². The molecule has 0 aromatic heterocycles. The molecule has 2 N–H and O–H groups in total. The van der Waals surface area contributed by atoms with Crippen molar-refractivity contribution in [3.8, 4) is 0 Å². The highest BCUT2D eigenvalue weighted by atomic mass is 19.4. The van der Waals surface area contributed by atoms with Crippen LogP contribution in [-0.4, -0.2) is 58.2 Å². The van der Waals surface area contributed by atoms with Gasteiger partial charge in [-0.3, -0.25) is 9.59 Å². The maximum atomic E-state index is 13.6. The summed E-state index contributed by atoms with van der Waals surface area (Å²) in [7, 11) is 0. The third-order valence-electron chi connectivity index (χ3n) is 3.08. The normalized spacial score (nSPS) is 15.6. The van der Waals surface area contributed by atoms with E-state index in [0.29, 0.717) is 0 Å². The summed E-state index contributed by atoms with van der Waals surface area (Å²) in [6, 6.07) is 0. The van der Waals surface area contributed by atoms with Crippen molar-refractivity contribution in [1.29, 1.82) is 0 Å². The van der Waals surface area contributed by atoms with Crippen molar-refractivity contribution in [2.45, 2.75) is 36.0 Å². The molecule has 0 saturated heterocycles. The zero-order chi connectivity index (χ0) is 22.7. The number of carbonyl (C=O) groups is 2. The molecule has 0 bridgehead atoms. The first kappa shape index (κ1) is 25.0. The van der Waals surface area contributed by atoms with Crippen molar-refractivity contribution in [2.75, 3.05) is 0 Å². The summed E-state index contributed by atoms with van der Waals surface area (Å²) in [6.07, 6.45) is -15.5. The SMILES string of the molecule is O=C(O)C(C(=O)O)(C(F)(F)C(F)(F)F)C(F)(F)C(F)(F)C(F)(F)C(F)(F)F. The summed E-state index contributed by atoms with van der Waals surface area (Å²) in [4.78, 5) is 21.1. The van der Waals surface area contributed by atoms with Gasteiger partial charge in [-0.25, -0.2) is 0 Å². The summed E-state index contributed by atoms with van der Waals surface area (Å²) >= 11 is 0. The first-order valence-corrected chi connectivity index (χ1v) is 5.50. The molecule has 0 radical (unpaired) electrons. The van der Waals surface area contributed by atoms with Gasteiger partial charge in [-0.15, -0.1) is 0 Å². The molecule has 0 aliphatic heterocycles. The topological polar surface area (TPSA) is 74.6 Å². The van der Waals surface area contributed by atoms with E-state index in [-0.39, 0.29) is 0 Å². The molecule has 0 amide bonds. The Bertz CT molecular complexity index is 601. The molecule has 0 spiro atoms. The first-order chi connectivity index (χ1) is 11.4. The first-order valence-electron chi connectivity index (χ1n) is 5.50. The number of carboxylic acid groups (broad SMARTS) is 2. The summed E-state index contributed by atoms with van der Waals surface area (Å²) in [5, 5.41) is 16.3. The van der Waals surface area contributed by atoms with Crippen LogP contribution >= 0.6 is 0 Å². The fourth-order valence-electron chi connectivity index (χ4n) is 1.65. The predicted octanol–water partition coefficient (Wildman–Crippen LogP) is 3.81. The van der Waals surface area contributed by atoms with Crippen LogP contribution in [0.1, 0.15) is 0 Å². The molecule has 0 aromatic rings. The molecule has 27 heavy (non-hydrogen) atoms. The average Bonchev–Trinajstić information content (AvgIpc) is 2.33. The lowest BCUT2D eigenvalue weighted by atomic mass is 9.71. The highest BCUT2D eigenvalue weighted by Gasteiger charge is 2.96. The lowest BCUT2D eigenvalue weighted by molar-refractivity contribution is -0.430. The third-order valence-corrected chi connectivity index (χ3v) is 3.08. The van der Waals surface area contributed by atoms with Gasteiger partial charge in [-0.2, -0.15) is 61.5 Å². The molecular weight excluding hydrogens is 438 g/mol. The Morgan fingerprint density at radius 3 is 0.889 bits per heavy atom. The second-order valence-electron chi connectivity index (χ2n) is 4.65. The van der Waals surface area contributed by atoms with Gasteiger partial charge >= 0.3 is 53.4 Å². The van der Waals surface area contributed by atoms with Gasteiger partial charge in [0.1, 0.15) is 0 Å². The Labute approximate surface area is 136 Å². The van der Waals surface area contributed by atoms with Gasteiger partial charge in [-0.1, -0.05) is 0 Å². The quantitative estimate of drug-likeness (QED) is 0.487. The Morgan fingerprint density at radius 1 is 0.444 bits per heavy atom. The number of carboxylic acids is 2. The molecule has 0 atom stereocenters. The zero-order valence-electron chi connectivity index (χ0n) is 11.5. The second-order valence-corrected chi connectivity index (χ2v) is 4.65. The fourth-order valence-corrected chi connectivity index (χ4v) is 1.65. The molecule has 160 valence electrons. The second kappa shape index (κ2) is 5.98. The Morgan fingerprint density at radius 2 is 0.704 bits per heavy atom. The maximum Gasteiger partial charge on any atom is 0.460 e. The van der Waals surface area contributed by atoms with Crippen LogP contribution in [0.15, 0.2) is 0 Å². The smallest absolute Gasteiger partial charge is 0.460 e. The van der Waals surface area contributed by atoms with Gasteiger partial charge in [0, 0.05) is 0 Å². The average molecular weight is 440 g/mol. The van der Waals surface area contributed by atoms with E-state index in [1.54, 1.807) is 0 Å². The van der Waals surface area contributed by atoms with Crippen molar-refractivity contribution in [3.05, 3.63) is 0 Å². The summed E-state index contributed by atoms with van der Waals surface area (Å²) < 4.78 is 178. The monoisotopic (exact) mass is 440 g/mol. The van der Waals surface area contributed by atoms with E-state index < -0.39 is 53.4 Å². The van der Waals surface area contributed by atoms with Crippen molar-refractivity contribution in [2.24, 2.45) is 5.41 Å². The fraction of sp³-hybridized carbons (Fsp3) is 0.778. The van der Waals surface area contributed by atoms with E-state index in [2.05, 4.69) is 0 Å². The van der Waals surface area contributed by atoms with Gasteiger partial charge in [0.15, 0.2) is 0 Å². The number of halogens is 14. The molecule has 0 heterocycles. The van der Waals surface area contributed by atoms with Gasteiger partial charge in [-0.05, 0) is 0 Å². The van der Waals surface area contributed by atoms with Crippen LogP contribution in [0.4, 0.5) is 61.5 Å². The van der Waals surface area contributed by atoms with E-state index in [4.69, 9.17) is 10.2 Å². The minimum absolute atomic E-state index is 4.67. The van der Waals surface area contributed by atoms with Gasteiger partial charge in [0.25, 0.3) is 0 Å². The van der Waals surface area contributed by atoms with Crippen LogP contribution in [0, 0.1) is 5.41 Å². The number of hydrogen-bond acceptors (Lipinski definition) is 2.